The van der Waals surface area contributed by atoms with Gasteiger partial charge >= 0.3 is 5.97 Å². The van der Waals surface area contributed by atoms with Gasteiger partial charge in [0.15, 0.2) is 0 Å². The molecule has 0 amide bonds. The summed E-state index contributed by atoms with van der Waals surface area (Å²) in [5, 5.41) is 9.13. The number of nitriles is 1. The van der Waals surface area contributed by atoms with Gasteiger partial charge in [-0.25, -0.2) is 4.98 Å². The molecule has 102 valence electrons. The molecule has 5 nitrogen and oxygen atoms in total. The van der Waals surface area contributed by atoms with Crippen LogP contribution in [0.5, 0.6) is 0 Å². The second-order valence-electron chi connectivity index (χ2n) is 4.16. The maximum absolute atomic E-state index is 11.6. The third-order valence-corrected chi connectivity index (χ3v) is 2.55. The van der Waals surface area contributed by atoms with E-state index in [1.54, 1.807) is 24.0 Å². The number of nitrogens with zero attached hydrogens (tertiary/aromatic N) is 3. The van der Waals surface area contributed by atoms with Crippen molar-refractivity contribution >= 4 is 11.8 Å². The lowest BCUT2D eigenvalue weighted by Crippen LogP contribution is -2.33. The lowest BCUT2D eigenvalue weighted by Gasteiger charge is -2.23. The van der Waals surface area contributed by atoms with Gasteiger partial charge in [-0.2, -0.15) is 5.26 Å². The minimum atomic E-state index is -0.303. The number of anilines is 1. The van der Waals surface area contributed by atoms with Crippen LogP contribution in [-0.4, -0.2) is 30.6 Å². The van der Waals surface area contributed by atoms with Gasteiger partial charge in [-0.1, -0.05) is 6.92 Å². The normalized spacial score (nSPS) is 9.79. The zero-order valence-electron chi connectivity index (χ0n) is 11.6. The van der Waals surface area contributed by atoms with Crippen LogP contribution >= 0.6 is 0 Å². The van der Waals surface area contributed by atoms with E-state index in [1.165, 1.54) is 0 Å². The summed E-state index contributed by atoms with van der Waals surface area (Å²) in [6, 6.07) is 5.63. The van der Waals surface area contributed by atoms with Crippen LogP contribution in [0.25, 0.3) is 0 Å². The number of carbonyl (C=O) groups is 1. The highest BCUT2D eigenvalue weighted by molar-refractivity contribution is 5.76. The van der Waals surface area contributed by atoms with Crippen molar-refractivity contribution in [3.63, 3.8) is 0 Å². The lowest BCUT2D eigenvalue weighted by molar-refractivity contribution is -0.141. The highest BCUT2D eigenvalue weighted by Gasteiger charge is 2.16. The highest BCUT2D eigenvalue weighted by atomic mass is 16.5. The van der Waals surface area contributed by atoms with Gasteiger partial charge < -0.3 is 9.64 Å². The Bertz CT molecular complexity index is 480. The molecule has 5 heteroatoms. The maximum Gasteiger partial charge on any atom is 0.325 e. The number of ether oxygens (including phenoxy) is 1. The molecule has 0 N–H and O–H groups in total. The summed E-state index contributed by atoms with van der Waals surface area (Å²) in [5.41, 5.74) is 1.29. The van der Waals surface area contributed by atoms with E-state index in [2.05, 4.69) is 11.1 Å². The quantitative estimate of drug-likeness (QED) is 0.733. The van der Waals surface area contributed by atoms with Gasteiger partial charge in [0.1, 0.15) is 18.4 Å². The Morgan fingerprint density at radius 1 is 1.47 bits per heavy atom. The van der Waals surface area contributed by atoms with Gasteiger partial charge in [0.25, 0.3) is 0 Å². The first kappa shape index (κ1) is 15.0. The van der Waals surface area contributed by atoms with Gasteiger partial charge in [-0.05, 0) is 32.4 Å². The SMILES string of the molecule is CCCN(CC(=O)OCC)c1nc(C)ccc1C#N. The number of rotatable bonds is 6. The molecule has 1 aromatic rings. The van der Waals surface area contributed by atoms with E-state index >= 15 is 0 Å². The molecule has 0 fully saturated rings. The van der Waals surface area contributed by atoms with Gasteiger partial charge in [-0.3, -0.25) is 4.79 Å². The van der Waals surface area contributed by atoms with Crippen LogP contribution < -0.4 is 4.90 Å². The summed E-state index contributed by atoms with van der Waals surface area (Å²) >= 11 is 0. The van der Waals surface area contributed by atoms with Crippen LogP contribution in [0.2, 0.25) is 0 Å². The average Bonchev–Trinajstić information content (AvgIpc) is 2.38. The molecular weight excluding hydrogens is 242 g/mol. The highest BCUT2D eigenvalue weighted by Crippen LogP contribution is 2.18. The lowest BCUT2D eigenvalue weighted by atomic mass is 10.2. The number of esters is 1. The Hall–Kier alpha value is -2.09. The first-order valence-corrected chi connectivity index (χ1v) is 6.40. The number of pyridine rings is 1. The molecule has 0 saturated heterocycles. The van der Waals surface area contributed by atoms with Crippen LogP contribution in [0.3, 0.4) is 0 Å². The van der Waals surface area contributed by atoms with E-state index in [4.69, 9.17) is 10.00 Å². The Kier molecular flexibility index (Phi) is 5.80. The average molecular weight is 261 g/mol. The number of aromatic nitrogens is 1. The fourth-order valence-electron chi connectivity index (χ4n) is 1.76. The van der Waals surface area contributed by atoms with Crippen molar-refractivity contribution in [3.8, 4) is 6.07 Å². The Morgan fingerprint density at radius 2 is 2.21 bits per heavy atom. The Labute approximate surface area is 113 Å². The second kappa shape index (κ2) is 7.37. The molecule has 0 aliphatic carbocycles. The molecule has 0 aromatic carbocycles. The number of hydrogen-bond donors (Lipinski definition) is 0. The van der Waals surface area contributed by atoms with E-state index in [-0.39, 0.29) is 12.5 Å². The molecule has 0 radical (unpaired) electrons. The van der Waals surface area contributed by atoms with Crippen molar-refractivity contribution in [3.05, 3.63) is 23.4 Å². The first-order chi connectivity index (χ1) is 9.12. The molecule has 1 heterocycles. The third-order valence-electron chi connectivity index (χ3n) is 2.55. The summed E-state index contributed by atoms with van der Waals surface area (Å²) in [6.07, 6.45) is 0.861. The molecule has 0 spiro atoms. The Balaban J connectivity index is 3.01. The minimum Gasteiger partial charge on any atom is -0.465 e. The van der Waals surface area contributed by atoms with Crippen LogP contribution in [0.15, 0.2) is 12.1 Å². The summed E-state index contributed by atoms with van der Waals surface area (Å²) in [5.74, 6) is 0.251. The molecule has 0 saturated carbocycles. The topological polar surface area (TPSA) is 66.2 Å². The van der Waals surface area contributed by atoms with Gasteiger partial charge in [-0.15, -0.1) is 0 Å². The maximum atomic E-state index is 11.6. The van der Waals surface area contributed by atoms with Gasteiger partial charge in [0.2, 0.25) is 0 Å². The number of carbonyl (C=O) groups excluding carboxylic acids is 1. The molecule has 1 aromatic heterocycles. The van der Waals surface area contributed by atoms with Crippen molar-refractivity contribution in [2.75, 3.05) is 24.6 Å². The number of aryl methyl sites for hydroxylation is 1. The molecular formula is C14H19N3O2. The van der Waals surface area contributed by atoms with Crippen molar-refractivity contribution in [1.29, 1.82) is 5.26 Å². The largest absolute Gasteiger partial charge is 0.465 e. The third kappa shape index (κ3) is 4.25. The van der Waals surface area contributed by atoms with Crippen LogP contribution in [0.1, 0.15) is 31.5 Å². The number of hydrogen-bond acceptors (Lipinski definition) is 5. The summed E-state index contributed by atoms with van der Waals surface area (Å²) < 4.78 is 4.95. The minimum absolute atomic E-state index is 0.118. The summed E-state index contributed by atoms with van der Waals surface area (Å²) in [6.45, 7) is 6.77. The molecule has 0 unspecified atom stereocenters. The smallest absolute Gasteiger partial charge is 0.325 e. The van der Waals surface area contributed by atoms with Gasteiger partial charge in [0, 0.05) is 12.2 Å². The molecule has 0 bridgehead atoms. The molecule has 0 aliphatic heterocycles. The predicted molar refractivity (Wildman–Crippen MR) is 72.8 cm³/mol. The first-order valence-electron chi connectivity index (χ1n) is 6.40. The van der Waals surface area contributed by atoms with Gasteiger partial charge in [0.05, 0.1) is 12.2 Å². The van der Waals surface area contributed by atoms with E-state index in [9.17, 15) is 4.79 Å². The molecule has 0 atom stereocenters. The zero-order chi connectivity index (χ0) is 14.3. The second-order valence-corrected chi connectivity index (χ2v) is 4.16. The fraction of sp³-hybridized carbons (Fsp3) is 0.500. The predicted octanol–water partition coefficient (Wildman–Crippen LogP) is 2.04. The van der Waals surface area contributed by atoms with E-state index < -0.39 is 0 Å². The molecule has 0 aliphatic rings. The van der Waals surface area contributed by atoms with Crippen molar-refractivity contribution in [2.45, 2.75) is 27.2 Å². The molecule has 19 heavy (non-hydrogen) atoms. The summed E-state index contributed by atoms with van der Waals surface area (Å²) in [7, 11) is 0. The van der Waals surface area contributed by atoms with E-state index in [1.807, 2.05) is 13.8 Å². The van der Waals surface area contributed by atoms with Crippen molar-refractivity contribution < 1.29 is 9.53 Å². The van der Waals surface area contributed by atoms with E-state index in [0.717, 1.165) is 12.1 Å². The van der Waals surface area contributed by atoms with Crippen LogP contribution in [-0.2, 0) is 9.53 Å². The van der Waals surface area contributed by atoms with Crippen molar-refractivity contribution in [2.24, 2.45) is 0 Å². The Morgan fingerprint density at radius 3 is 2.79 bits per heavy atom. The van der Waals surface area contributed by atoms with E-state index in [0.29, 0.717) is 24.5 Å². The van der Waals surface area contributed by atoms with Crippen LogP contribution in [0.4, 0.5) is 5.82 Å². The monoisotopic (exact) mass is 261 g/mol. The zero-order valence-corrected chi connectivity index (χ0v) is 11.6. The summed E-state index contributed by atoms with van der Waals surface area (Å²) in [4.78, 5) is 17.8. The molecule has 1 rings (SSSR count). The fourth-order valence-corrected chi connectivity index (χ4v) is 1.76. The van der Waals surface area contributed by atoms with Crippen molar-refractivity contribution in [1.82, 2.24) is 4.98 Å². The van der Waals surface area contributed by atoms with Crippen LogP contribution in [0, 0.1) is 18.3 Å². The standard InChI is InChI=1S/C14H19N3O2/c1-4-8-17(10-13(18)19-5-2)14-12(9-15)7-6-11(3)16-14/h6-7H,4-5,8,10H2,1-3H3.